The Morgan fingerprint density at radius 3 is 2.29 bits per heavy atom. The highest BCUT2D eigenvalue weighted by Gasteiger charge is 2.17. The lowest BCUT2D eigenvalue weighted by Crippen LogP contribution is -2.34. The normalized spacial score (nSPS) is 12.1. The van der Waals surface area contributed by atoms with E-state index in [0.717, 1.165) is 5.56 Å². The maximum Gasteiger partial charge on any atom is 0.261 e. The summed E-state index contributed by atoms with van der Waals surface area (Å²) in [6.45, 7) is 6.59. The van der Waals surface area contributed by atoms with E-state index in [1.54, 1.807) is 24.3 Å². The largest absolute Gasteiger partial charge is 0.350 e. The van der Waals surface area contributed by atoms with Crippen LogP contribution in [0.5, 0.6) is 0 Å². The first-order valence-electron chi connectivity index (χ1n) is 7.62. The molecule has 1 heterocycles. The van der Waals surface area contributed by atoms with Gasteiger partial charge in [0.25, 0.3) is 5.91 Å². The highest BCUT2D eigenvalue weighted by Crippen LogP contribution is 2.23. The Morgan fingerprint density at radius 1 is 1.08 bits per heavy atom. The molecule has 0 bridgehead atoms. The molecule has 2 aromatic rings. The maximum atomic E-state index is 12.2. The molecule has 0 radical (unpaired) electrons. The molecule has 0 saturated heterocycles. The number of rotatable bonds is 6. The van der Waals surface area contributed by atoms with Crippen LogP contribution >= 0.6 is 11.3 Å². The molecule has 1 aromatic carbocycles. The van der Waals surface area contributed by atoms with Crippen molar-refractivity contribution in [1.29, 1.82) is 0 Å². The van der Waals surface area contributed by atoms with Crippen LogP contribution in [0.4, 0.5) is 0 Å². The first kappa shape index (κ1) is 18.6. The predicted octanol–water partition coefficient (Wildman–Crippen LogP) is 2.75. The molecule has 130 valence electrons. The fourth-order valence-electron chi connectivity index (χ4n) is 2.07. The molecule has 24 heavy (non-hydrogen) atoms. The standard InChI is InChI=1S/C17H22N2O3S2/c1-17(2,3)13-6-8-14(9-7-13)24(21,22)19-11-10-18-16(20)15-5-4-12-23-15/h4-9,12,19H,10-11H2,1-3H3,(H,18,20). The molecule has 7 heteroatoms. The summed E-state index contributed by atoms with van der Waals surface area (Å²) in [6, 6.07) is 10.4. The lowest BCUT2D eigenvalue weighted by Gasteiger charge is -2.19. The van der Waals surface area contributed by atoms with Crippen molar-refractivity contribution in [2.24, 2.45) is 0 Å². The van der Waals surface area contributed by atoms with E-state index < -0.39 is 10.0 Å². The summed E-state index contributed by atoms with van der Waals surface area (Å²) in [5, 5.41) is 4.50. The molecule has 2 rings (SSSR count). The van der Waals surface area contributed by atoms with E-state index in [-0.39, 0.29) is 29.3 Å². The van der Waals surface area contributed by atoms with Gasteiger partial charge in [0.05, 0.1) is 9.77 Å². The minimum Gasteiger partial charge on any atom is -0.350 e. The van der Waals surface area contributed by atoms with Crippen molar-refractivity contribution < 1.29 is 13.2 Å². The lowest BCUT2D eigenvalue weighted by molar-refractivity contribution is 0.0958. The Bertz CT molecular complexity index is 774. The molecule has 2 N–H and O–H groups in total. The molecule has 1 aromatic heterocycles. The SMILES string of the molecule is CC(C)(C)c1ccc(S(=O)(=O)NCCNC(=O)c2cccs2)cc1. The number of carbonyl (C=O) groups is 1. The summed E-state index contributed by atoms with van der Waals surface area (Å²) in [5.41, 5.74) is 1.05. The Balaban J connectivity index is 1.88. The zero-order valence-electron chi connectivity index (χ0n) is 14.0. The van der Waals surface area contributed by atoms with E-state index in [4.69, 9.17) is 0 Å². The zero-order valence-corrected chi connectivity index (χ0v) is 15.6. The van der Waals surface area contributed by atoms with Gasteiger partial charge in [-0.3, -0.25) is 4.79 Å². The minimum absolute atomic E-state index is 0.0260. The molecule has 0 aliphatic carbocycles. The van der Waals surface area contributed by atoms with Crippen LogP contribution in [0.15, 0.2) is 46.7 Å². The molecule has 0 atom stereocenters. The van der Waals surface area contributed by atoms with Gasteiger partial charge in [-0.1, -0.05) is 39.0 Å². The molecule has 0 unspecified atom stereocenters. The van der Waals surface area contributed by atoms with Crippen LogP contribution < -0.4 is 10.0 Å². The van der Waals surface area contributed by atoms with Gasteiger partial charge in [0.2, 0.25) is 10.0 Å². The quantitative estimate of drug-likeness (QED) is 0.772. The van der Waals surface area contributed by atoms with Crippen LogP contribution in [0, 0.1) is 0 Å². The van der Waals surface area contributed by atoms with Crippen molar-refractivity contribution in [1.82, 2.24) is 10.0 Å². The van der Waals surface area contributed by atoms with E-state index in [0.29, 0.717) is 4.88 Å². The van der Waals surface area contributed by atoms with Gasteiger partial charge in [-0.25, -0.2) is 13.1 Å². The molecule has 0 aliphatic heterocycles. The van der Waals surface area contributed by atoms with Crippen molar-refractivity contribution in [3.63, 3.8) is 0 Å². The maximum absolute atomic E-state index is 12.2. The van der Waals surface area contributed by atoms with Crippen LogP contribution in [0.25, 0.3) is 0 Å². The van der Waals surface area contributed by atoms with Crippen molar-refractivity contribution in [2.45, 2.75) is 31.1 Å². The third kappa shape index (κ3) is 4.90. The van der Waals surface area contributed by atoms with Gasteiger partial charge in [0, 0.05) is 13.1 Å². The van der Waals surface area contributed by atoms with E-state index in [9.17, 15) is 13.2 Å². The highest BCUT2D eigenvalue weighted by molar-refractivity contribution is 7.89. The average Bonchev–Trinajstić information content (AvgIpc) is 3.05. The Kier molecular flexibility index (Phi) is 5.79. The van der Waals surface area contributed by atoms with Gasteiger partial charge in [-0.05, 0) is 34.6 Å². The first-order valence-corrected chi connectivity index (χ1v) is 9.98. The predicted molar refractivity (Wildman–Crippen MR) is 97.0 cm³/mol. The molecule has 0 spiro atoms. The van der Waals surface area contributed by atoms with Crippen LogP contribution in [0.3, 0.4) is 0 Å². The zero-order chi connectivity index (χ0) is 17.8. The highest BCUT2D eigenvalue weighted by atomic mass is 32.2. The molecule has 5 nitrogen and oxygen atoms in total. The summed E-state index contributed by atoms with van der Waals surface area (Å²) in [7, 11) is -3.57. The number of hydrogen-bond donors (Lipinski definition) is 2. The fraction of sp³-hybridized carbons (Fsp3) is 0.353. The van der Waals surface area contributed by atoms with Crippen molar-refractivity contribution in [3.05, 3.63) is 52.2 Å². The summed E-state index contributed by atoms with van der Waals surface area (Å²) < 4.78 is 27.0. The number of benzene rings is 1. The second-order valence-electron chi connectivity index (χ2n) is 6.41. The number of thiophene rings is 1. The number of carbonyl (C=O) groups excluding carboxylic acids is 1. The van der Waals surface area contributed by atoms with E-state index >= 15 is 0 Å². The fourth-order valence-corrected chi connectivity index (χ4v) is 3.75. The van der Waals surface area contributed by atoms with Gasteiger partial charge in [-0.15, -0.1) is 11.3 Å². The lowest BCUT2D eigenvalue weighted by atomic mass is 9.87. The third-order valence-corrected chi connectivity index (χ3v) is 5.82. The molecular formula is C17H22N2O3S2. The summed E-state index contributed by atoms with van der Waals surface area (Å²) in [4.78, 5) is 12.6. The van der Waals surface area contributed by atoms with Crippen LogP contribution in [-0.4, -0.2) is 27.4 Å². The van der Waals surface area contributed by atoms with E-state index in [2.05, 4.69) is 30.8 Å². The van der Waals surface area contributed by atoms with Crippen LogP contribution in [0.2, 0.25) is 0 Å². The molecular weight excluding hydrogens is 344 g/mol. The van der Waals surface area contributed by atoms with Gasteiger partial charge >= 0.3 is 0 Å². The minimum atomic E-state index is -3.57. The number of amides is 1. The van der Waals surface area contributed by atoms with Gasteiger partial charge in [-0.2, -0.15) is 0 Å². The second kappa shape index (κ2) is 7.46. The first-order chi connectivity index (χ1) is 11.2. The van der Waals surface area contributed by atoms with Crippen LogP contribution in [0.1, 0.15) is 36.0 Å². The van der Waals surface area contributed by atoms with Crippen LogP contribution in [-0.2, 0) is 15.4 Å². The van der Waals surface area contributed by atoms with E-state index in [1.165, 1.54) is 11.3 Å². The Hall–Kier alpha value is -1.70. The second-order valence-corrected chi connectivity index (χ2v) is 9.12. The van der Waals surface area contributed by atoms with E-state index in [1.807, 2.05) is 17.5 Å². The van der Waals surface area contributed by atoms with Crippen molar-refractivity contribution in [3.8, 4) is 0 Å². The summed E-state index contributed by atoms with van der Waals surface area (Å²) in [6.07, 6.45) is 0. The molecule has 0 saturated carbocycles. The summed E-state index contributed by atoms with van der Waals surface area (Å²) in [5.74, 6) is -0.196. The number of hydrogen-bond acceptors (Lipinski definition) is 4. The summed E-state index contributed by atoms with van der Waals surface area (Å²) >= 11 is 1.34. The monoisotopic (exact) mass is 366 g/mol. The number of nitrogens with one attached hydrogen (secondary N) is 2. The Morgan fingerprint density at radius 2 is 1.75 bits per heavy atom. The molecule has 0 fully saturated rings. The van der Waals surface area contributed by atoms with Gasteiger partial charge in [0.1, 0.15) is 0 Å². The number of sulfonamides is 1. The van der Waals surface area contributed by atoms with Crippen molar-refractivity contribution >= 4 is 27.3 Å². The topological polar surface area (TPSA) is 75.3 Å². The average molecular weight is 367 g/mol. The third-order valence-electron chi connectivity index (χ3n) is 3.48. The Labute approximate surface area is 147 Å². The molecule has 0 aliphatic rings. The molecule has 1 amide bonds. The smallest absolute Gasteiger partial charge is 0.261 e. The van der Waals surface area contributed by atoms with Gasteiger partial charge < -0.3 is 5.32 Å². The van der Waals surface area contributed by atoms with Gasteiger partial charge in [0.15, 0.2) is 0 Å². The van der Waals surface area contributed by atoms with Crippen molar-refractivity contribution in [2.75, 3.05) is 13.1 Å².